The molecule has 0 unspecified atom stereocenters. The second-order valence-electron chi connectivity index (χ2n) is 8.17. The van der Waals surface area contributed by atoms with Gasteiger partial charge in [0.05, 0.1) is 18.8 Å². The van der Waals surface area contributed by atoms with Gasteiger partial charge >= 0.3 is 0 Å². The summed E-state index contributed by atoms with van der Waals surface area (Å²) in [5, 5.41) is 9.82. The van der Waals surface area contributed by atoms with Crippen molar-refractivity contribution in [3.63, 3.8) is 0 Å². The van der Waals surface area contributed by atoms with Gasteiger partial charge in [0.25, 0.3) is 10.0 Å². The lowest BCUT2D eigenvalue weighted by Gasteiger charge is -2.15. The molecule has 3 aromatic carbocycles. The van der Waals surface area contributed by atoms with Crippen molar-refractivity contribution < 1.29 is 13.2 Å². The zero-order valence-corrected chi connectivity index (χ0v) is 20.2. The zero-order valence-electron chi connectivity index (χ0n) is 19.4. The van der Waals surface area contributed by atoms with E-state index in [9.17, 15) is 13.2 Å². The fourth-order valence-corrected chi connectivity index (χ4v) is 4.89. The lowest BCUT2D eigenvalue weighted by molar-refractivity contribution is -0.114. The van der Waals surface area contributed by atoms with E-state index < -0.39 is 10.0 Å². The highest BCUT2D eigenvalue weighted by Gasteiger charge is 2.19. The van der Waals surface area contributed by atoms with E-state index in [1.807, 2.05) is 32.0 Å². The molecule has 9 nitrogen and oxygen atoms in total. The van der Waals surface area contributed by atoms with Crippen molar-refractivity contribution in [1.82, 2.24) is 14.8 Å². The average Bonchev–Trinajstić information content (AvgIpc) is 3.31. The van der Waals surface area contributed by atoms with Gasteiger partial charge in [-0.05, 0) is 66.9 Å². The number of amides is 1. The van der Waals surface area contributed by atoms with Gasteiger partial charge in [-0.1, -0.05) is 30.3 Å². The first-order valence-corrected chi connectivity index (χ1v) is 12.4. The van der Waals surface area contributed by atoms with Gasteiger partial charge in [-0.2, -0.15) is 5.10 Å². The van der Waals surface area contributed by atoms with E-state index >= 15 is 0 Å². The summed E-state index contributed by atoms with van der Waals surface area (Å²) in [7, 11) is -3.87. The number of aryl methyl sites for hydroxylation is 2. The van der Waals surface area contributed by atoms with Gasteiger partial charge < -0.3 is 10.6 Å². The molecule has 4 rings (SSSR count). The van der Waals surface area contributed by atoms with Gasteiger partial charge in [0.15, 0.2) is 0 Å². The Kier molecular flexibility index (Phi) is 7.11. The topological polar surface area (TPSA) is 118 Å². The molecule has 0 aliphatic heterocycles. The van der Waals surface area contributed by atoms with E-state index in [1.165, 1.54) is 12.4 Å². The van der Waals surface area contributed by atoms with Crippen molar-refractivity contribution in [3.05, 3.63) is 96.1 Å². The molecular weight excluding hydrogens is 464 g/mol. The van der Waals surface area contributed by atoms with Crippen LogP contribution in [0.5, 0.6) is 0 Å². The quantitative estimate of drug-likeness (QED) is 0.329. The maximum Gasteiger partial charge on any atom is 0.263 e. The first kappa shape index (κ1) is 24.0. The Morgan fingerprint density at radius 1 is 0.943 bits per heavy atom. The minimum absolute atomic E-state index is 0.0597. The number of sulfonamides is 1. The molecule has 0 fully saturated rings. The van der Waals surface area contributed by atoms with E-state index in [0.717, 1.165) is 16.7 Å². The van der Waals surface area contributed by atoms with Crippen LogP contribution < -0.4 is 15.4 Å². The Morgan fingerprint density at radius 3 is 2.34 bits per heavy atom. The molecule has 180 valence electrons. The van der Waals surface area contributed by atoms with Crippen molar-refractivity contribution in [2.45, 2.75) is 25.3 Å². The highest BCUT2D eigenvalue weighted by molar-refractivity contribution is 7.92. The predicted molar refractivity (Wildman–Crippen MR) is 136 cm³/mol. The summed E-state index contributed by atoms with van der Waals surface area (Å²) in [5.41, 5.74) is 4.39. The van der Waals surface area contributed by atoms with E-state index in [4.69, 9.17) is 0 Å². The number of hydrogen-bond acceptors (Lipinski definition) is 6. The SMILES string of the molecule is Cc1cc(C)cc(NS(=O)(=O)c2ccccc2NCC(=O)Nc2ccc(Cn3cncn3)cc2)c1. The molecule has 1 amide bonds. The Labute approximate surface area is 204 Å². The number of hydrogen-bond donors (Lipinski definition) is 3. The third kappa shape index (κ3) is 6.45. The van der Waals surface area contributed by atoms with Crippen LogP contribution in [-0.2, 0) is 21.4 Å². The van der Waals surface area contributed by atoms with Crippen LogP contribution in [0.3, 0.4) is 0 Å². The molecule has 10 heteroatoms. The molecule has 0 saturated heterocycles. The molecule has 1 aromatic heterocycles. The number of nitrogens with one attached hydrogen (secondary N) is 3. The number of anilines is 3. The smallest absolute Gasteiger partial charge is 0.263 e. The number of para-hydroxylation sites is 1. The molecule has 0 saturated carbocycles. The summed E-state index contributed by atoms with van der Waals surface area (Å²) >= 11 is 0. The van der Waals surface area contributed by atoms with Crippen LogP contribution in [0.1, 0.15) is 16.7 Å². The number of benzene rings is 3. The maximum absolute atomic E-state index is 13.1. The number of nitrogens with zero attached hydrogens (tertiary/aromatic N) is 3. The van der Waals surface area contributed by atoms with Crippen molar-refractivity contribution >= 4 is 33.0 Å². The van der Waals surface area contributed by atoms with Crippen LogP contribution in [0.2, 0.25) is 0 Å². The second-order valence-corrected chi connectivity index (χ2v) is 9.82. The van der Waals surface area contributed by atoms with Crippen molar-refractivity contribution in [2.75, 3.05) is 21.9 Å². The lowest BCUT2D eigenvalue weighted by Crippen LogP contribution is -2.23. The third-order valence-electron chi connectivity index (χ3n) is 5.14. The summed E-state index contributed by atoms with van der Waals surface area (Å²) in [6, 6.07) is 19.4. The first-order chi connectivity index (χ1) is 16.8. The van der Waals surface area contributed by atoms with Gasteiger partial charge in [0, 0.05) is 11.4 Å². The summed E-state index contributed by atoms with van der Waals surface area (Å²) in [6.45, 7) is 4.29. The monoisotopic (exact) mass is 490 g/mol. The van der Waals surface area contributed by atoms with Crippen molar-refractivity contribution in [1.29, 1.82) is 0 Å². The van der Waals surface area contributed by atoms with Crippen molar-refractivity contribution in [3.8, 4) is 0 Å². The van der Waals surface area contributed by atoms with Crippen LogP contribution in [-0.4, -0.2) is 35.6 Å². The van der Waals surface area contributed by atoms with Crippen molar-refractivity contribution in [2.24, 2.45) is 0 Å². The van der Waals surface area contributed by atoms with Crippen LogP contribution in [0.15, 0.2) is 84.3 Å². The number of carbonyl (C=O) groups is 1. The molecular formula is C25H26N6O3S. The number of carbonyl (C=O) groups excluding carboxylic acids is 1. The number of rotatable bonds is 9. The number of aromatic nitrogens is 3. The Morgan fingerprint density at radius 2 is 1.66 bits per heavy atom. The molecule has 0 bridgehead atoms. The summed E-state index contributed by atoms with van der Waals surface area (Å²) < 4.78 is 30.5. The Hall–Kier alpha value is -4.18. The third-order valence-corrected chi connectivity index (χ3v) is 6.58. The minimum Gasteiger partial charge on any atom is -0.375 e. The molecule has 3 N–H and O–H groups in total. The summed E-state index contributed by atoms with van der Waals surface area (Å²) in [4.78, 5) is 16.5. The van der Waals surface area contributed by atoms with E-state index in [-0.39, 0.29) is 17.3 Å². The lowest BCUT2D eigenvalue weighted by atomic mass is 10.1. The zero-order chi connectivity index (χ0) is 24.8. The first-order valence-electron chi connectivity index (χ1n) is 10.9. The molecule has 4 aromatic rings. The fourth-order valence-electron chi connectivity index (χ4n) is 3.67. The minimum atomic E-state index is -3.87. The Bertz CT molecular complexity index is 1400. The fraction of sp³-hybridized carbons (Fsp3) is 0.160. The maximum atomic E-state index is 13.1. The van der Waals surface area contributed by atoms with E-state index in [0.29, 0.717) is 23.6 Å². The summed E-state index contributed by atoms with van der Waals surface area (Å²) in [5.74, 6) is -0.302. The Balaban J connectivity index is 1.39. The highest BCUT2D eigenvalue weighted by atomic mass is 32.2. The standard InChI is InChI=1S/C25H26N6O3S/c1-18-11-19(2)13-22(12-18)30-35(33,34)24-6-4-3-5-23(24)27-14-25(32)29-21-9-7-20(8-10-21)15-31-17-26-16-28-31/h3-13,16-17,27,30H,14-15H2,1-2H3,(H,29,32). The van der Waals surface area contributed by atoms with E-state index in [2.05, 4.69) is 25.4 Å². The molecule has 1 heterocycles. The summed E-state index contributed by atoms with van der Waals surface area (Å²) in [6.07, 6.45) is 3.11. The van der Waals surface area contributed by atoms with Gasteiger partial charge in [-0.15, -0.1) is 0 Å². The molecule has 0 radical (unpaired) electrons. The molecule has 35 heavy (non-hydrogen) atoms. The molecule has 0 spiro atoms. The van der Waals surface area contributed by atoms with Crippen LogP contribution in [0.4, 0.5) is 17.1 Å². The van der Waals surface area contributed by atoms with Crippen LogP contribution in [0, 0.1) is 13.8 Å². The largest absolute Gasteiger partial charge is 0.375 e. The normalized spacial score (nSPS) is 11.1. The van der Waals surface area contributed by atoms with Gasteiger partial charge in [-0.3, -0.25) is 9.52 Å². The highest BCUT2D eigenvalue weighted by Crippen LogP contribution is 2.24. The second kappa shape index (κ2) is 10.4. The molecule has 0 atom stereocenters. The van der Waals surface area contributed by atoms with Gasteiger partial charge in [0.1, 0.15) is 17.6 Å². The predicted octanol–water partition coefficient (Wildman–Crippen LogP) is 3.79. The van der Waals surface area contributed by atoms with Gasteiger partial charge in [-0.25, -0.2) is 18.1 Å². The van der Waals surface area contributed by atoms with Crippen LogP contribution >= 0.6 is 0 Å². The van der Waals surface area contributed by atoms with Gasteiger partial charge in [0.2, 0.25) is 5.91 Å². The molecule has 0 aliphatic rings. The van der Waals surface area contributed by atoms with E-state index in [1.54, 1.807) is 53.5 Å². The van der Waals surface area contributed by atoms with Crippen LogP contribution in [0.25, 0.3) is 0 Å². The average molecular weight is 491 g/mol. The molecule has 0 aliphatic carbocycles.